The van der Waals surface area contributed by atoms with E-state index in [0.29, 0.717) is 12.6 Å². The summed E-state index contributed by atoms with van der Waals surface area (Å²) in [5.74, 6) is 0.976. The van der Waals surface area contributed by atoms with Crippen LogP contribution in [0.5, 0.6) is 0 Å². The van der Waals surface area contributed by atoms with Gasteiger partial charge >= 0.3 is 0 Å². The van der Waals surface area contributed by atoms with Gasteiger partial charge in [-0.3, -0.25) is 0 Å². The summed E-state index contributed by atoms with van der Waals surface area (Å²) < 4.78 is 0. The molecular formula is C17H29N3O. The van der Waals surface area contributed by atoms with Gasteiger partial charge < -0.3 is 15.3 Å². The lowest BCUT2D eigenvalue weighted by Crippen LogP contribution is -2.39. The number of pyridine rings is 1. The van der Waals surface area contributed by atoms with Crippen molar-refractivity contribution in [1.82, 2.24) is 10.3 Å². The van der Waals surface area contributed by atoms with Crippen molar-refractivity contribution in [3.05, 3.63) is 23.4 Å². The van der Waals surface area contributed by atoms with E-state index in [-0.39, 0.29) is 0 Å². The van der Waals surface area contributed by atoms with Gasteiger partial charge in [-0.25, -0.2) is 4.98 Å². The average molecular weight is 291 g/mol. The molecule has 0 radical (unpaired) electrons. The van der Waals surface area contributed by atoms with Crippen molar-refractivity contribution in [1.29, 1.82) is 0 Å². The summed E-state index contributed by atoms with van der Waals surface area (Å²) in [6, 6.07) is 2.66. The Labute approximate surface area is 128 Å². The van der Waals surface area contributed by atoms with E-state index in [4.69, 9.17) is 0 Å². The SMILES string of the molecule is Cc1cc(CNC(C)C)cnc1N(C)CC1(O)CCCC1. The molecule has 0 amide bonds. The molecule has 0 spiro atoms. The lowest BCUT2D eigenvalue weighted by Gasteiger charge is -2.30. The van der Waals surface area contributed by atoms with Crippen molar-refractivity contribution in [3.63, 3.8) is 0 Å². The molecule has 0 aromatic carbocycles. The molecule has 4 heteroatoms. The third-order valence-corrected chi connectivity index (χ3v) is 4.25. The quantitative estimate of drug-likeness (QED) is 0.846. The van der Waals surface area contributed by atoms with Crippen LogP contribution in [0.1, 0.15) is 50.7 Å². The predicted molar refractivity (Wildman–Crippen MR) is 87.6 cm³/mol. The van der Waals surface area contributed by atoms with Crippen LogP contribution in [0.3, 0.4) is 0 Å². The zero-order valence-electron chi connectivity index (χ0n) is 13.8. The highest BCUT2D eigenvalue weighted by Gasteiger charge is 2.32. The van der Waals surface area contributed by atoms with Crippen LogP contribution in [-0.4, -0.2) is 35.3 Å². The molecule has 1 aliphatic rings. The first-order valence-corrected chi connectivity index (χ1v) is 8.02. The molecule has 0 atom stereocenters. The van der Waals surface area contributed by atoms with Crippen molar-refractivity contribution < 1.29 is 5.11 Å². The van der Waals surface area contributed by atoms with Crippen LogP contribution in [0.2, 0.25) is 0 Å². The first-order chi connectivity index (χ1) is 9.89. The third kappa shape index (κ3) is 4.42. The van der Waals surface area contributed by atoms with Gasteiger partial charge in [-0.1, -0.05) is 26.7 Å². The molecule has 118 valence electrons. The molecule has 1 aromatic heterocycles. The first kappa shape index (κ1) is 16.2. The average Bonchev–Trinajstić information content (AvgIpc) is 2.82. The van der Waals surface area contributed by atoms with E-state index in [1.54, 1.807) is 0 Å². The van der Waals surface area contributed by atoms with Gasteiger partial charge in [-0.15, -0.1) is 0 Å². The van der Waals surface area contributed by atoms with Crippen LogP contribution < -0.4 is 10.2 Å². The van der Waals surface area contributed by atoms with Crippen LogP contribution >= 0.6 is 0 Å². The smallest absolute Gasteiger partial charge is 0.131 e. The Kier molecular flexibility index (Phi) is 5.22. The van der Waals surface area contributed by atoms with Gasteiger partial charge in [0, 0.05) is 32.4 Å². The number of hydrogen-bond donors (Lipinski definition) is 2. The molecule has 0 aliphatic heterocycles. The summed E-state index contributed by atoms with van der Waals surface area (Å²) in [6.07, 6.45) is 6.03. The van der Waals surface area contributed by atoms with E-state index in [9.17, 15) is 5.11 Å². The van der Waals surface area contributed by atoms with Crippen LogP contribution in [0.25, 0.3) is 0 Å². The Hall–Kier alpha value is -1.13. The maximum atomic E-state index is 10.5. The second-order valence-corrected chi connectivity index (χ2v) is 6.81. The monoisotopic (exact) mass is 291 g/mol. The molecule has 1 aliphatic carbocycles. The van der Waals surface area contributed by atoms with Gasteiger partial charge in [0.1, 0.15) is 5.82 Å². The molecule has 1 fully saturated rings. The lowest BCUT2D eigenvalue weighted by atomic mass is 10.0. The lowest BCUT2D eigenvalue weighted by molar-refractivity contribution is 0.0558. The van der Waals surface area contributed by atoms with Gasteiger partial charge in [0.2, 0.25) is 0 Å². The highest BCUT2D eigenvalue weighted by Crippen LogP contribution is 2.31. The number of hydrogen-bond acceptors (Lipinski definition) is 4. The Bertz CT molecular complexity index is 467. The summed E-state index contributed by atoms with van der Waals surface area (Å²) in [5.41, 5.74) is 1.85. The first-order valence-electron chi connectivity index (χ1n) is 8.02. The van der Waals surface area contributed by atoms with Crippen molar-refractivity contribution >= 4 is 5.82 Å². The standard InChI is InChI=1S/C17H29N3O/c1-13(2)18-10-15-9-14(3)16(19-11-15)20(4)12-17(21)7-5-6-8-17/h9,11,13,18,21H,5-8,10,12H2,1-4H3. The molecule has 21 heavy (non-hydrogen) atoms. The van der Waals surface area contributed by atoms with E-state index in [2.05, 4.69) is 42.0 Å². The van der Waals surface area contributed by atoms with E-state index in [1.165, 1.54) is 11.1 Å². The maximum Gasteiger partial charge on any atom is 0.131 e. The summed E-state index contributed by atoms with van der Waals surface area (Å²) >= 11 is 0. The summed E-state index contributed by atoms with van der Waals surface area (Å²) in [6.45, 7) is 7.90. The fourth-order valence-corrected chi connectivity index (χ4v) is 3.15. The van der Waals surface area contributed by atoms with Crippen LogP contribution in [0.15, 0.2) is 12.3 Å². The predicted octanol–water partition coefficient (Wildman–Crippen LogP) is 2.63. The van der Waals surface area contributed by atoms with Crippen LogP contribution in [0.4, 0.5) is 5.82 Å². The molecule has 0 unspecified atom stereocenters. The number of aromatic nitrogens is 1. The minimum atomic E-state index is -0.527. The van der Waals surface area contributed by atoms with Crippen molar-refractivity contribution in [2.75, 3.05) is 18.5 Å². The largest absolute Gasteiger partial charge is 0.388 e. The van der Waals surface area contributed by atoms with E-state index in [1.807, 2.05) is 13.2 Å². The normalized spacial score (nSPS) is 17.4. The number of aryl methyl sites for hydroxylation is 1. The van der Waals surface area contributed by atoms with Crippen molar-refractivity contribution in [3.8, 4) is 0 Å². The molecule has 2 N–H and O–H groups in total. The molecule has 1 saturated carbocycles. The fraction of sp³-hybridized carbons (Fsp3) is 0.706. The molecule has 4 nitrogen and oxygen atoms in total. The minimum Gasteiger partial charge on any atom is -0.388 e. The molecule has 0 bridgehead atoms. The highest BCUT2D eigenvalue weighted by atomic mass is 16.3. The van der Waals surface area contributed by atoms with Gasteiger partial charge in [0.25, 0.3) is 0 Å². The van der Waals surface area contributed by atoms with Crippen molar-refractivity contribution in [2.45, 2.75) is 64.6 Å². The maximum absolute atomic E-state index is 10.5. The number of nitrogens with one attached hydrogen (secondary N) is 1. The minimum absolute atomic E-state index is 0.476. The molecule has 1 aromatic rings. The zero-order valence-corrected chi connectivity index (χ0v) is 13.8. The zero-order chi connectivity index (χ0) is 15.5. The number of rotatable bonds is 6. The Balaban J connectivity index is 2.02. The third-order valence-electron chi connectivity index (χ3n) is 4.25. The molecule has 2 rings (SSSR count). The summed E-state index contributed by atoms with van der Waals surface area (Å²) in [5, 5.41) is 13.9. The Morgan fingerprint density at radius 1 is 1.38 bits per heavy atom. The van der Waals surface area contributed by atoms with E-state index in [0.717, 1.165) is 38.0 Å². The molecule has 1 heterocycles. The number of anilines is 1. The summed E-state index contributed by atoms with van der Waals surface area (Å²) in [7, 11) is 2.03. The Morgan fingerprint density at radius 3 is 2.62 bits per heavy atom. The number of likely N-dealkylation sites (N-methyl/N-ethyl adjacent to an activating group) is 1. The fourth-order valence-electron chi connectivity index (χ4n) is 3.15. The van der Waals surface area contributed by atoms with Crippen molar-refractivity contribution in [2.24, 2.45) is 0 Å². The van der Waals surface area contributed by atoms with Gasteiger partial charge in [-0.05, 0) is 37.0 Å². The second kappa shape index (κ2) is 6.75. The topological polar surface area (TPSA) is 48.4 Å². The Morgan fingerprint density at radius 2 is 2.05 bits per heavy atom. The molecular weight excluding hydrogens is 262 g/mol. The van der Waals surface area contributed by atoms with Gasteiger partial charge in [-0.2, -0.15) is 0 Å². The van der Waals surface area contributed by atoms with E-state index < -0.39 is 5.60 Å². The number of nitrogens with zero attached hydrogens (tertiary/aromatic N) is 2. The van der Waals surface area contributed by atoms with Gasteiger partial charge in [0.15, 0.2) is 0 Å². The van der Waals surface area contributed by atoms with Crippen LogP contribution in [0, 0.1) is 6.92 Å². The van der Waals surface area contributed by atoms with E-state index >= 15 is 0 Å². The summed E-state index contributed by atoms with van der Waals surface area (Å²) in [4.78, 5) is 6.70. The highest BCUT2D eigenvalue weighted by molar-refractivity contribution is 5.47. The van der Waals surface area contributed by atoms with Gasteiger partial charge in [0.05, 0.1) is 5.60 Å². The second-order valence-electron chi connectivity index (χ2n) is 6.81. The molecule has 0 saturated heterocycles. The van der Waals surface area contributed by atoms with Crippen LogP contribution in [-0.2, 0) is 6.54 Å². The number of aliphatic hydroxyl groups is 1.